The third-order valence-electron chi connectivity index (χ3n) is 8.68. The van der Waals surface area contributed by atoms with Gasteiger partial charge in [-0.3, -0.25) is 0 Å². The number of aliphatic hydroxyl groups excluding tert-OH is 1. The maximum atomic E-state index is 10.3. The SMILES string of the molecule is C=C1CC[C@@H](O)CC1=CC=C1CCC[C@]2(C)[C@@H]([C@H](C)C=C[C@H](C)C(C)(C)O)CC[C@@H]12. The Morgan fingerprint density at radius 2 is 1.83 bits per heavy atom. The first-order valence-corrected chi connectivity index (χ1v) is 12.2. The van der Waals surface area contributed by atoms with E-state index < -0.39 is 5.60 Å². The normalized spacial score (nSPS) is 37.7. The summed E-state index contributed by atoms with van der Waals surface area (Å²) in [5.74, 6) is 2.08. The van der Waals surface area contributed by atoms with Crippen molar-refractivity contribution in [2.45, 2.75) is 97.7 Å². The molecule has 0 unspecified atom stereocenters. The van der Waals surface area contributed by atoms with E-state index in [-0.39, 0.29) is 12.0 Å². The molecule has 2 nitrogen and oxygen atoms in total. The van der Waals surface area contributed by atoms with E-state index in [1.165, 1.54) is 43.3 Å². The summed E-state index contributed by atoms with van der Waals surface area (Å²) < 4.78 is 0. The van der Waals surface area contributed by atoms with Gasteiger partial charge in [-0.25, -0.2) is 0 Å². The Labute approximate surface area is 184 Å². The van der Waals surface area contributed by atoms with E-state index in [1.807, 2.05) is 13.8 Å². The summed E-state index contributed by atoms with van der Waals surface area (Å²) in [5.41, 5.74) is 3.78. The lowest BCUT2D eigenvalue weighted by Gasteiger charge is -2.44. The standard InChI is InChI=1S/C28H44O2/c1-19-10-14-24(29)18-23(19)13-12-22-8-7-17-28(6)25(15-16-26(22)28)20(2)9-11-21(3)27(4,5)30/h9,11-13,20-21,24-26,29-30H,1,7-8,10,14-18H2,2-6H3/t20-,21+,24-,25-,26+,28-/m1/s1. The van der Waals surface area contributed by atoms with Crippen LogP contribution >= 0.6 is 0 Å². The molecule has 0 aliphatic heterocycles. The smallest absolute Gasteiger partial charge is 0.0651 e. The highest BCUT2D eigenvalue weighted by Crippen LogP contribution is 2.59. The maximum Gasteiger partial charge on any atom is 0.0651 e. The van der Waals surface area contributed by atoms with E-state index in [1.54, 1.807) is 5.57 Å². The molecule has 0 radical (unpaired) electrons. The van der Waals surface area contributed by atoms with Crippen LogP contribution in [0.15, 0.2) is 47.6 Å². The van der Waals surface area contributed by atoms with Gasteiger partial charge in [0.15, 0.2) is 0 Å². The first kappa shape index (κ1) is 23.5. The minimum atomic E-state index is -0.663. The van der Waals surface area contributed by atoms with Crippen LogP contribution in [-0.4, -0.2) is 21.9 Å². The van der Waals surface area contributed by atoms with Crippen molar-refractivity contribution in [3.63, 3.8) is 0 Å². The van der Waals surface area contributed by atoms with Gasteiger partial charge in [-0.05, 0) is 94.0 Å². The maximum absolute atomic E-state index is 10.3. The zero-order valence-electron chi connectivity index (χ0n) is 20.0. The summed E-state index contributed by atoms with van der Waals surface area (Å²) in [5, 5.41) is 20.3. The van der Waals surface area contributed by atoms with E-state index in [2.05, 4.69) is 51.7 Å². The third-order valence-corrected chi connectivity index (χ3v) is 8.68. The van der Waals surface area contributed by atoms with Crippen molar-refractivity contribution in [3.8, 4) is 0 Å². The molecule has 0 saturated heterocycles. The fourth-order valence-electron chi connectivity index (χ4n) is 6.25. The summed E-state index contributed by atoms with van der Waals surface area (Å²) in [6.07, 6.45) is 18.0. The molecule has 3 aliphatic carbocycles. The zero-order chi connectivity index (χ0) is 22.1. The summed E-state index contributed by atoms with van der Waals surface area (Å²) in [6, 6.07) is 0. The van der Waals surface area contributed by atoms with Crippen molar-refractivity contribution in [1.29, 1.82) is 0 Å². The first-order chi connectivity index (χ1) is 14.0. The minimum absolute atomic E-state index is 0.164. The van der Waals surface area contributed by atoms with Gasteiger partial charge in [0, 0.05) is 5.92 Å². The average molecular weight is 413 g/mol. The molecule has 2 heteroatoms. The molecule has 6 atom stereocenters. The van der Waals surface area contributed by atoms with E-state index >= 15 is 0 Å². The molecule has 0 heterocycles. The topological polar surface area (TPSA) is 40.5 Å². The van der Waals surface area contributed by atoms with Crippen LogP contribution in [0.3, 0.4) is 0 Å². The Bertz CT molecular complexity index is 719. The van der Waals surface area contributed by atoms with Gasteiger partial charge in [0.25, 0.3) is 0 Å². The fourth-order valence-corrected chi connectivity index (χ4v) is 6.25. The van der Waals surface area contributed by atoms with Crippen LogP contribution in [0.4, 0.5) is 0 Å². The second-order valence-corrected chi connectivity index (χ2v) is 11.2. The molecule has 2 N–H and O–H groups in total. The van der Waals surface area contributed by atoms with Crippen LogP contribution in [0.2, 0.25) is 0 Å². The molecule has 0 aromatic heterocycles. The van der Waals surface area contributed by atoms with Crippen molar-refractivity contribution in [2.24, 2.45) is 29.1 Å². The van der Waals surface area contributed by atoms with Gasteiger partial charge in [0.2, 0.25) is 0 Å². The average Bonchev–Trinajstić information content (AvgIpc) is 3.03. The van der Waals surface area contributed by atoms with Crippen LogP contribution in [0.1, 0.15) is 86.0 Å². The zero-order valence-corrected chi connectivity index (χ0v) is 20.0. The predicted molar refractivity (Wildman–Crippen MR) is 127 cm³/mol. The van der Waals surface area contributed by atoms with Gasteiger partial charge in [-0.2, -0.15) is 0 Å². The fraction of sp³-hybridized carbons (Fsp3) is 0.714. The van der Waals surface area contributed by atoms with Crippen LogP contribution in [0.25, 0.3) is 0 Å². The van der Waals surface area contributed by atoms with Crippen LogP contribution in [-0.2, 0) is 0 Å². The number of allylic oxidation sites excluding steroid dienone is 5. The van der Waals surface area contributed by atoms with Crippen molar-refractivity contribution in [2.75, 3.05) is 0 Å². The van der Waals surface area contributed by atoms with Gasteiger partial charge in [0.1, 0.15) is 0 Å². The van der Waals surface area contributed by atoms with Crippen molar-refractivity contribution >= 4 is 0 Å². The predicted octanol–water partition coefficient (Wildman–Crippen LogP) is 6.76. The number of fused-ring (bicyclic) bond motifs is 1. The molecule has 3 fully saturated rings. The van der Waals surface area contributed by atoms with Crippen LogP contribution in [0.5, 0.6) is 0 Å². The summed E-state index contributed by atoms with van der Waals surface area (Å²) in [7, 11) is 0. The second kappa shape index (κ2) is 9.17. The highest BCUT2D eigenvalue weighted by molar-refractivity contribution is 5.36. The molecule has 3 saturated carbocycles. The Morgan fingerprint density at radius 3 is 2.53 bits per heavy atom. The molecule has 30 heavy (non-hydrogen) atoms. The minimum Gasteiger partial charge on any atom is -0.393 e. The number of aliphatic hydroxyl groups is 2. The van der Waals surface area contributed by atoms with E-state index in [0.29, 0.717) is 23.2 Å². The Hall–Kier alpha value is -1.12. The third kappa shape index (κ3) is 5.02. The summed E-state index contributed by atoms with van der Waals surface area (Å²) in [6.45, 7) is 15.0. The monoisotopic (exact) mass is 412 g/mol. The molecule has 3 aliphatic rings. The molecular weight excluding hydrogens is 368 g/mol. The van der Waals surface area contributed by atoms with Crippen molar-refractivity contribution in [1.82, 2.24) is 0 Å². The van der Waals surface area contributed by atoms with Crippen LogP contribution < -0.4 is 0 Å². The molecule has 0 spiro atoms. The molecule has 0 amide bonds. The molecular formula is C28H44O2. The number of hydrogen-bond donors (Lipinski definition) is 2. The second-order valence-electron chi connectivity index (χ2n) is 11.2. The van der Waals surface area contributed by atoms with Gasteiger partial charge in [-0.1, -0.05) is 62.8 Å². The lowest BCUT2D eigenvalue weighted by atomic mass is 9.61. The van der Waals surface area contributed by atoms with Crippen molar-refractivity contribution < 1.29 is 10.2 Å². The van der Waals surface area contributed by atoms with E-state index in [0.717, 1.165) is 19.3 Å². The quantitative estimate of drug-likeness (QED) is 0.490. The summed E-state index contributed by atoms with van der Waals surface area (Å²) in [4.78, 5) is 0. The molecule has 0 aromatic carbocycles. The van der Waals surface area contributed by atoms with Gasteiger partial charge < -0.3 is 10.2 Å². The Kier molecular flexibility index (Phi) is 7.19. The molecule has 0 aromatic rings. The number of hydrogen-bond acceptors (Lipinski definition) is 2. The van der Waals surface area contributed by atoms with Gasteiger partial charge in [-0.15, -0.1) is 0 Å². The van der Waals surface area contributed by atoms with E-state index in [4.69, 9.17) is 0 Å². The van der Waals surface area contributed by atoms with Gasteiger partial charge >= 0.3 is 0 Å². The molecule has 0 bridgehead atoms. The van der Waals surface area contributed by atoms with Gasteiger partial charge in [0.05, 0.1) is 11.7 Å². The lowest BCUT2D eigenvalue weighted by Crippen LogP contribution is -2.35. The van der Waals surface area contributed by atoms with Crippen LogP contribution in [0, 0.1) is 29.1 Å². The summed E-state index contributed by atoms with van der Waals surface area (Å²) >= 11 is 0. The van der Waals surface area contributed by atoms with Crippen molar-refractivity contribution in [3.05, 3.63) is 47.6 Å². The lowest BCUT2D eigenvalue weighted by molar-refractivity contribution is 0.0436. The Balaban J connectivity index is 1.75. The highest BCUT2D eigenvalue weighted by atomic mass is 16.3. The Morgan fingerprint density at radius 1 is 1.10 bits per heavy atom. The number of rotatable bonds is 5. The van der Waals surface area contributed by atoms with E-state index in [9.17, 15) is 10.2 Å². The molecule has 3 rings (SSSR count). The first-order valence-electron chi connectivity index (χ1n) is 12.2. The largest absolute Gasteiger partial charge is 0.393 e. The molecule has 168 valence electrons. The highest BCUT2D eigenvalue weighted by Gasteiger charge is 2.50.